The average Bonchev–Trinajstić information content (AvgIpc) is 2.39. The quantitative estimate of drug-likeness (QED) is 0.266. The Hall–Kier alpha value is -0.300. The molecule has 0 aliphatic carbocycles. The number of ether oxygens (including phenoxy) is 1. The number of esters is 1. The van der Waals surface area contributed by atoms with Crippen molar-refractivity contribution in [1.29, 1.82) is 0 Å². The van der Waals surface area contributed by atoms with Crippen LogP contribution in [-0.4, -0.2) is 51.6 Å². The largest absolute Gasteiger partial charge is 0.457 e. The fraction of sp³-hybridized carbons (Fsp3) is 0.923. The molecule has 24 heavy (non-hydrogen) atoms. The maximum absolute atomic E-state index is 13.0. The molecule has 0 fully saturated rings. The first-order chi connectivity index (χ1) is 10.4. The summed E-state index contributed by atoms with van der Waals surface area (Å²) < 4.78 is 81.1. The number of hydrogen-bond donors (Lipinski definition) is 2. The standard InChI is InChI=1S/C13H20F6INO3/c1-6(2)8(11(23,12(14,15)16)13(17,18)19)24-9(22)10(4,20)7(3)21-5/h6-8,21,23H,1-5H3. The van der Waals surface area contributed by atoms with Crippen molar-refractivity contribution in [2.45, 2.75) is 61.2 Å². The number of aliphatic hydroxyl groups is 1. The van der Waals surface area contributed by atoms with Gasteiger partial charge < -0.3 is 15.2 Å². The first kappa shape index (κ1) is 23.7. The van der Waals surface area contributed by atoms with E-state index in [9.17, 15) is 36.2 Å². The van der Waals surface area contributed by atoms with Gasteiger partial charge in [0.1, 0.15) is 3.42 Å². The van der Waals surface area contributed by atoms with Crippen LogP contribution in [0.4, 0.5) is 26.3 Å². The third kappa shape index (κ3) is 4.45. The van der Waals surface area contributed by atoms with Crippen LogP contribution in [0.5, 0.6) is 0 Å². The summed E-state index contributed by atoms with van der Waals surface area (Å²) in [5, 5.41) is 12.2. The fourth-order valence-electron chi connectivity index (χ4n) is 1.87. The highest BCUT2D eigenvalue weighted by molar-refractivity contribution is 14.1. The number of nitrogens with one attached hydrogen (secondary N) is 1. The second kappa shape index (κ2) is 7.52. The lowest BCUT2D eigenvalue weighted by Gasteiger charge is -2.41. The highest BCUT2D eigenvalue weighted by Gasteiger charge is 2.76. The smallest absolute Gasteiger partial charge is 0.430 e. The molecule has 4 nitrogen and oxygen atoms in total. The Kier molecular flexibility index (Phi) is 7.43. The van der Waals surface area contributed by atoms with Crippen LogP contribution in [0.25, 0.3) is 0 Å². The highest BCUT2D eigenvalue weighted by atomic mass is 127. The molecule has 0 aliphatic heterocycles. The van der Waals surface area contributed by atoms with Crippen molar-refractivity contribution in [1.82, 2.24) is 5.32 Å². The van der Waals surface area contributed by atoms with Crippen molar-refractivity contribution in [3.63, 3.8) is 0 Å². The zero-order valence-corrected chi connectivity index (χ0v) is 15.8. The minimum Gasteiger partial charge on any atom is -0.457 e. The molecule has 3 atom stereocenters. The van der Waals surface area contributed by atoms with Gasteiger partial charge in [-0.2, -0.15) is 26.3 Å². The molecule has 11 heteroatoms. The Balaban J connectivity index is 5.94. The lowest BCUT2D eigenvalue weighted by atomic mass is 9.87. The third-order valence-corrected chi connectivity index (χ3v) is 5.14. The van der Waals surface area contributed by atoms with Gasteiger partial charge in [-0.05, 0) is 26.8 Å². The molecule has 0 spiro atoms. The van der Waals surface area contributed by atoms with E-state index in [1.807, 2.05) is 0 Å². The summed E-state index contributed by atoms with van der Waals surface area (Å²) in [6.45, 7) is 4.80. The van der Waals surface area contributed by atoms with E-state index in [1.54, 1.807) is 22.6 Å². The van der Waals surface area contributed by atoms with Gasteiger partial charge in [-0.15, -0.1) is 0 Å². The Bertz CT molecular complexity index is 436. The summed E-state index contributed by atoms with van der Waals surface area (Å²) in [5.41, 5.74) is -5.17. The summed E-state index contributed by atoms with van der Waals surface area (Å²) in [5.74, 6) is -2.74. The van der Waals surface area contributed by atoms with Crippen molar-refractivity contribution in [3.05, 3.63) is 0 Å². The van der Waals surface area contributed by atoms with Crippen LogP contribution < -0.4 is 5.32 Å². The summed E-state index contributed by atoms with van der Waals surface area (Å²) in [6.07, 6.45) is -15.0. The number of alkyl halides is 7. The van der Waals surface area contributed by atoms with Gasteiger partial charge in [0.2, 0.25) is 0 Å². The third-order valence-electron chi connectivity index (χ3n) is 3.76. The number of carbonyl (C=O) groups excluding carboxylic acids is 1. The lowest BCUT2D eigenvalue weighted by Crippen LogP contribution is -2.67. The zero-order chi connectivity index (χ0) is 19.7. The molecule has 0 rings (SSSR count). The van der Waals surface area contributed by atoms with Gasteiger partial charge in [-0.3, -0.25) is 4.79 Å². The molecule has 0 aromatic rings. The second-order valence-corrected chi connectivity index (χ2v) is 8.16. The van der Waals surface area contributed by atoms with Crippen molar-refractivity contribution in [3.8, 4) is 0 Å². The van der Waals surface area contributed by atoms with E-state index >= 15 is 0 Å². The summed E-state index contributed by atoms with van der Waals surface area (Å²) in [4.78, 5) is 12.2. The summed E-state index contributed by atoms with van der Waals surface area (Å²) in [7, 11) is 1.47. The topological polar surface area (TPSA) is 58.6 Å². The van der Waals surface area contributed by atoms with Crippen molar-refractivity contribution >= 4 is 28.6 Å². The molecular formula is C13H20F6INO3. The van der Waals surface area contributed by atoms with E-state index in [2.05, 4.69) is 10.1 Å². The SMILES string of the molecule is CNC(C)C(C)(I)C(=O)OC(C(C)C)C(O)(C(F)(F)F)C(F)(F)F. The molecule has 0 heterocycles. The number of rotatable bonds is 6. The monoisotopic (exact) mass is 479 g/mol. The predicted molar refractivity (Wildman–Crippen MR) is 82.7 cm³/mol. The van der Waals surface area contributed by atoms with E-state index in [1.165, 1.54) is 20.9 Å². The maximum atomic E-state index is 13.0. The van der Waals surface area contributed by atoms with Crippen LogP contribution >= 0.6 is 22.6 Å². The minimum absolute atomic E-state index is 0.608. The van der Waals surface area contributed by atoms with Gasteiger partial charge in [0.25, 0.3) is 5.60 Å². The van der Waals surface area contributed by atoms with Gasteiger partial charge in [0.15, 0.2) is 6.10 Å². The molecule has 0 saturated carbocycles. The van der Waals surface area contributed by atoms with Crippen molar-refractivity contribution in [2.24, 2.45) is 5.92 Å². The Morgan fingerprint density at radius 3 is 1.71 bits per heavy atom. The highest BCUT2D eigenvalue weighted by Crippen LogP contribution is 2.48. The van der Waals surface area contributed by atoms with Crippen LogP contribution in [0.15, 0.2) is 0 Å². The van der Waals surface area contributed by atoms with E-state index in [4.69, 9.17) is 0 Å². The molecule has 0 aromatic heterocycles. The molecule has 0 aliphatic rings. The van der Waals surface area contributed by atoms with Gasteiger partial charge in [-0.1, -0.05) is 36.4 Å². The molecule has 0 amide bonds. The van der Waals surface area contributed by atoms with E-state index in [0.29, 0.717) is 0 Å². The molecule has 0 saturated heterocycles. The predicted octanol–water partition coefficient (Wildman–Crippen LogP) is 3.21. The van der Waals surface area contributed by atoms with Crippen LogP contribution in [0.1, 0.15) is 27.7 Å². The maximum Gasteiger partial charge on any atom is 0.430 e. The van der Waals surface area contributed by atoms with Gasteiger partial charge in [0.05, 0.1) is 0 Å². The van der Waals surface area contributed by atoms with Crippen LogP contribution in [-0.2, 0) is 9.53 Å². The Morgan fingerprint density at radius 2 is 1.46 bits per heavy atom. The molecule has 0 aromatic carbocycles. The second-order valence-electron chi connectivity index (χ2n) is 5.92. The number of halogens is 7. The summed E-state index contributed by atoms with van der Waals surface area (Å²) >= 11 is 1.57. The van der Waals surface area contributed by atoms with Crippen LogP contribution in [0.2, 0.25) is 0 Å². The first-order valence-corrected chi connectivity index (χ1v) is 7.95. The molecule has 0 bridgehead atoms. The van der Waals surface area contributed by atoms with E-state index < -0.39 is 45.4 Å². The average molecular weight is 479 g/mol. The van der Waals surface area contributed by atoms with Gasteiger partial charge in [-0.25, -0.2) is 0 Å². The fourth-order valence-corrected chi connectivity index (χ4v) is 2.30. The lowest BCUT2D eigenvalue weighted by molar-refractivity contribution is -0.395. The van der Waals surface area contributed by atoms with E-state index in [-0.39, 0.29) is 0 Å². The molecule has 144 valence electrons. The molecule has 2 N–H and O–H groups in total. The van der Waals surface area contributed by atoms with Gasteiger partial charge in [0, 0.05) is 6.04 Å². The Morgan fingerprint density at radius 1 is 1.08 bits per heavy atom. The van der Waals surface area contributed by atoms with Crippen molar-refractivity contribution in [2.75, 3.05) is 7.05 Å². The minimum atomic E-state index is -6.07. The molecule has 3 unspecified atom stereocenters. The normalized spacial score (nSPS) is 18.9. The van der Waals surface area contributed by atoms with E-state index in [0.717, 1.165) is 13.8 Å². The number of carbonyl (C=O) groups is 1. The van der Waals surface area contributed by atoms with Crippen molar-refractivity contribution < 1.29 is 41.0 Å². The van der Waals surface area contributed by atoms with Crippen LogP contribution in [0, 0.1) is 5.92 Å². The number of hydrogen-bond acceptors (Lipinski definition) is 4. The molecular weight excluding hydrogens is 459 g/mol. The first-order valence-electron chi connectivity index (χ1n) is 6.87. The van der Waals surface area contributed by atoms with Gasteiger partial charge >= 0.3 is 18.3 Å². The molecule has 0 radical (unpaired) electrons. The zero-order valence-electron chi connectivity index (χ0n) is 13.6. The van der Waals surface area contributed by atoms with Crippen LogP contribution in [0.3, 0.4) is 0 Å². The summed E-state index contributed by atoms with van der Waals surface area (Å²) in [6, 6.07) is -0.608. The Labute approximate surface area is 149 Å².